The van der Waals surface area contributed by atoms with Gasteiger partial charge in [-0.05, 0) is 54.4 Å². The molecule has 0 amide bonds. The summed E-state index contributed by atoms with van der Waals surface area (Å²) in [6.45, 7) is 1.37. The predicted molar refractivity (Wildman–Crippen MR) is 138 cm³/mol. The number of nitriles is 1. The number of hydrogen-bond acceptors (Lipinski definition) is 7. The van der Waals surface area contributed by atoms with E-state index in [4.69, 9.17) is 14.7 Å². The SMILES string of the molecule is COc1cccc(C(NCCc2ccc(C#N)cc2)[C@H]2CNc3cc(-c4cnn(C)c4)cnc3O2)c1. The summed E-state index contributed by atoms with van der Waals surface area (Å²) in [5, 5.41) is 20.5. The van der Waals surface area contributed by atoms with Crippen molar-refractivity contribution in [1.82, 2.24) is 20.1 Å². The number of rotatable bonds is 8. The molecule has 0 saturated carbocycles. The number of fused-ring (bicyclic) bond motifs is 1. The Balaban J connectivity index is 1.34. The Morgan fingerprint density at radius 3 is 2.81 bits per heavy atom. The van der Waals surface area contributed by atoms with Crippen molar-refractivity contribution in [3.05, 3.63) is 89.9 Å². The monoisotopic (exact) mass is 480 g/mol. The minimum atomic E-state index is -0.178. The maximum atomic E-state index is 9.03. The first-order chi connectivity index (χ1) is 17.6. The van der Waals surface area contributed by atoms with Crippen LogP contribution in [0.4, 0.5) is 5.69 Å². The molecule has 8 heteroatoms. The highest BCUT2D eigenvalue weighted by Crippen LogP contribution is 2.34. The molecule has 0 fully saturated rings. The summed E-state index contributed by atoms with van der Waals surface area (Å²) < 4.78 is 13.7. The Bertz CT molecular complexity index is 1380. The van der Waals surface area contributed by atoms with Crippen molar-refractivity contribution in [3.8, 4) is 28.8 Å². The molecule has 2 aromatic heterocycles. The number of hydrogen-bond donors (Lipinski definition) is 2. The summed E-state index contributed by atoms with van der Waals surface area (Å²) in [7, 11) is 3.57. The second-order valence-corrected chi connectivity index (χ2v) is 8.78. The third kappa shape index (κ3) is 5.16. The first-order valence-corrected chi connectivity index (χ1v) is 11.9. The zero-order valence-electron chi connectivity index (χ0n) is 20.3. The number of nitrogens with zero attached hydrogens (tertiary/aromatic N) is 4. The van der Waals surface area contributed by atoms with Crippen molar-refractivity contribution >= 4 is 5.69 Å². The maximum absolute atomic E-state index is 9.03. The lowest BCUT2D eigenvalue weighted by Crippen LogP contribution is -2.43. The van der Waals surface area contributed by atoms with Crippen LogP contribution in [0.1, 0.15) is 22.7 Å². The molecule has 0 radical (unpaired) electrons. The van der Waals surface area contributed by atoms with Crippen LogP contribution in [-0.2, 0) is 13.5 Å². The van der Waals surface area contributed by atoms with Crippen molar-refractivity contribution in [3.63, 3.8) is 0 Å². The average Bonchev–Trinajstić information content (AvgIpc) is 3.37. The molecule has 182 valence electrons. The van der Waals surface area contributed by atoms with Crippen molar-refractivity contribution in [2.45, 2.75) is 18.6 Å². The van der Waals surface area contributed by atoms with Gasteiger partial charge in [-0.25, -0.2) is 4.98 Å². The van der Waals surface area contributed by atoms with Gasteiger partial charge in [0.1, 0.15) is 11.9 Å². The molecule has 2 aromatic carbocycles. The number of anilines is 1. The van der Waals surface area contributed by atoms with Crippen LogP contribution in [0.2, 0.25) is 0 Å². The van der Waals surface area contributed by atoms with Gasteiger partial charge in [-0.15, -0.1) is 0 Å². The number of pyridine rings is 1. The van der Waals surface area contributed by atoms with Crippen LogP contribution >= 0.6 is 0 Å². The second kappa shape index (κ2) is 10.5. The minimum absolute atomic E-state index is 0.0843. The van der Waals surface area contributed by atoms with E-state index in [1.807, 2.05) is 68.1 Å². The predicted octanol–water partition coefficient (Wildman–Crippen LogP) is 4.11. The van der Waals surface area contributed by atoms with Crippen molar-refractivity contribution in [1.29, 1.82) is 5.26 Å². The molecule has 0 saturated heterocycles. The minimum Gasteiger partial charge on any atom is -0.497 e. The molecule has 0 aliphatic carbocycles. The lowest BCUT2D eigenvalue weighted by molar-refractivity contribution is 0.150. The van der Waals surface area contributed by atoms with Crippen molar-refractivity contribution in [2.75, 3.05) is 25.5 Å². The Kier molecular flexibility index (Phi) is 6.83. The van der Waals surface area contributed by atoms with E-state index in [0.717, 1.165) is 41.1 Å². The van der Waals surface area contributed by atoms with Gasteiger partial charge in [-0.1, -0.05) is 24.3 Å². The standard InChI is InChI=1S/C28H28N6O2/c1-34-18-23(16-33-34)22-13-25-28(32-15-22)36-26(17-31-25)27(21-4-3-5-24(12-21)35-2)30-11-10-19-6-8-20(14-29)9-7-19/h3-9,12-13,15-16,18,26-27,30-31H,10-11,17H2,1-2H3/t26-,27?/m1/s1. The average molecular weight is 481 g/mol. The van der Waals surface area contributed by atoms with E-state index < -0.39 is 0 Å². The second-order valence-electron chi connectivity index (χ2n) is 8.78. The highest BCUT2D eigenvalue weighted by atomic mass is 16.5. The summed E-state index contributed by atoms with van der Waals surface area (Å²) in [5.74, 6) is 1.38. The number of aromatic nitrogens is 3. The molecule has 5 rings (SSSR count). The molecule has 1 aliphatic rings. The fourth-order valence-electron chi connectivity index (χ4n) is 4.40. The van der Waals surface area contributed by atoms with E-state index in [1.54, 1.807) is 11.8 Å². The first kappa shape index (κ1) is 23.4. The van der Waals surface area contributed by atoms with E-state index in [-0.39, 0.29) is 12.1 Å². The molecular formula is C28H28N6O2. The molecule has 1 aliphatic heterocycles. The molecule has 0 bridgehead atoms. The number of methoxy groups -OCH3 is 1. The molecular weight excluding hydrogens is 452 g/mol. The number of benzene rings is 2. The van der Waals surface area contributed by atoms with Crippen LogP contribution in [0.5, 0.6) is 11.6 Å². The van der Waals surface area contributed by atoms with Gasteiger partial charge in [0.05, 0.1) is 43.2 Å². The van der Waals surface area contributed by atoms with Crippen LogP contribution < -0.4 is 20.1 Å². The van der Waals surface area contributed by atoms with E-state index in [1.165, 1.54) is 5.56 Å². The smallest absolute Gasteiger partial charge is 0.237 e. The molecule has 4 aromatic rings. The number of ether oxygens (including phenoxy) is 2. The maximum Gasteiger partial charge on any atom is 0.237 e. The van der Waals surface area contributed by atoms with Crippen LogP contribution in [0.3, 0.4) is 0 Å². The molecule has 2 N–H and O–H groups in total. The van der Waals surface area contributed by atoms with Crippen LogP contribution in [0.15, 0.2) is 73.2 Å². The summed E-state index contributed by atoms with van der Waals surface area (Å²) in [4.78, 5) is 4.61. The fourth-order valence-corrected chi connectivity index (χ4v) is 4.40. The van der Waals surface area contributed by atoms with Crippen LogP contribution in [-0.4, -0.2) is 41.1 Å². The summed E-state index contributed by atoms with van der Waals surface area (Å²) in [6.07, 6.45) is 6.26. The van der Waals surface area contributed by atoms with Crippen LogP contribution in [0.25, 0.3) is 11.1 Å². The zero-order chi connectivity index (χ0) is 24.9. The highest BCUT2D eigenvalue weighted by molar-refractivity contribution is 5.69. The van der Waals surface area contributed by atoms with Gasteiger partial charge in [-0.3, -0.25) is 4.68 Å². The molecule has 1 unspecified atom stereocenters. The Labute approximate surface area is 210 Å². The van der Waals surface area contributed by atoms with E-state index in [0.29, 0.717) is 18.0 Å². The van der Waals surface area contributed by atoms with Gasteiger partial charge in [0.2, 0.25) is 5.88 Å². The van der Waals surface area contributed by atoms with E-state index >= 15 is 0 Å². The molecule has 2 atom stereocenters. The quantitative estimate of drug-likeness (QED) is 0.392. The third-order valence-corrected chi connectivity index (χ3v) is 6.33. The van der Waals surface area contributed by atoms with E-state index in [2.05, 4.69) is 38.9 Å². The lowest BCUT2D eigenvalue weighted by atomic mass is 9.99. The van der Waals surface area contributed by atoms with Crippen LogP contribution in [0, 0.1) is 11.3 Å². The highest BCUT2D eigenvalue weighted by Gasteiger charge is 2.30. The van der Waals surface area contributed by atoms with Gasteiger partial charge in [0.25, 0.3) is 0 Å². The molecule has 0 spiro atoms. The molecule has 3 heterocycles. The van der Waals surface area contributed by atoms with Gasteiger partial charge in [0.15, 0.2) is 0 Å². The Morgan fingerprint density at radius 2 is 2.06 bits per heavy atom. The number of nitrogens with one attached hydrogen (secondary N) is 2. The first-order valence-electron chi connectivity index (χ1n) is 11.9. The van der Waals surface area contributed by atoms with Gasteiger partial charge < -0.3 is 20.1 Å². The van der Waals surface area contributed by atoms with Gasteiger partial charge in [-0.2, -0.15) is 10.4 Å². The van der Waals surface area contributed by atoms with Gasteiger partial charge in [0, 0.05) is 30.6 Å². The summed E-state index contributed by atoms with van der Waals surface area (Å²) >= 11 is 0. The largest absolute Gasteiger partial charge is 0.497 e. The summed E-state index contributed by atoms with van der Waals surface area (Å²) in [5.41, 5.74) is 5.78. The molecule has 8 nitrogen and oxygen atoms in total. The lowest BCUT2D eigenvalue weighted by Gasteiger charge is -2.33. The topological polar surface area (TPSA) is 97.0 Å². The summed E-state index contributed by atoms with van der Waals surface area (Å²) in [6, 6.07) is 19.9. The van der Waals surface area contributed by atoms with Crippen molar-refractivity contribution in [2.24, 2.45) is 7.05 Å². The normalized spacial score (nSPS) is 15.2. The molecule has 36 heavy (non-hydrogen) atoms. The zero-order valence-corrected chi connectivity index (χ0v) is 20.3. The number of aryl methyl sites for hydroxylation is 1. The Hall–Kier alpha value is -4.35. The van der Waals surface area contributed by atoms with Gasteiger partial charge >= 0.3 is 0 Å². The fraction of sp³-hybridized carbons (Fsp3) is 0.250. The van der Waals surface area contributed by atoms with E-state index in [9.17, 15) is 0 Å². The Morgan fingerprint density at radius 1 is 1.19 bits per heavy atom. The van der Waals surface area contributed by atoms with Crippen molar-refractivity contribution < 1.29 is 9.47 Å². The third-order valence-electron chi connectivity index (χ3n) is 6.33.